The highest BCUT2D eigenvalue weighted by molar-refractivity contribution is 7.98. The SMILES string of the molecule is CSc1ccccc1N1C(=O)CN(C(=O)c2csc(C)n2)CC1C. The quantitative estimate of drug-likeness (QED) is 0.789. The van der Waals surface area contributed by atoms with E-state index >= 15 is 0 Å². The number of aromatic nitrogens is 1. The van der Waals surface area contributed by atoms with Crippen LogP contribution in [-0.2, 0) is 4.79 Å². The van der Waals surface area contributed by atoms with Crippen molar-refractivity contribution < 1.29 is 9.59 Å². The molecule has 2 aromatic rings. The zero-order chi connectivity index (χ0) is 17.3. The topological polar surface area (TPSA) is 53.5 Å². The number of hydrogen-bond donors (Lipinski definition) is 0. The molecule has 24 heavy (non-hydrogen) atoms. The maximum Gasteiger partial charge on any atom is 0.273 e. The molecule has 126 valence electrons. The summed E-state index contributed by atoms with van der Waals surface area (Å²) < 4.78 is 0. The van der Waals surface area contributed by atoms with Crippen molar-refractivity contribution in [3.63, 3.8) is 0 Å². The lowest BCUT2D eigenvalue weighted by Crippen LogP contribution is -2.57. The van der Waals surface area contributed by atoms with Crippen LogP contribution in [0.5, 0.6) is 0 Å². The molecule has 0 radical (unpaired) electrons. The lowest BCUT2D eigenvalue weighted by Gasteiger charge is -2.39. The highest BCUT2D eigenvalue weighted by Crippen LogP contribution is 2.31. The Kier molecular flexibility index (Phi) is 4.91. The Morgan fingerprint density at radius 2 is 2.12 bits per heavy atom. The predicted octanol–water partition coefficient (Wildman–Crippen LogP) is 3.05. The van der Waals surface area contributed by atoms with Crippen LogP contribution in [0.2, 0.25) is 0 Å². The molecule has 0 aliphatic carbocycles. The number of nitrogens with zero attached hydrogens (tertiary/aromatic N) is 3. The number of carbonyl (C=O) groups is 2. The number of hydrogen-bond acceptors (Lipinski definition) is 5. The van der Waals surface area contributed by atoms with E-state index < -0.39 is 0 Å². The Hall–Kier alpha value is -1.86. The van der Waals surface area contributed by atoms with Crippen molar-refractivity contribution in [2.45, 2.75) is 24.8 Å². The predicted molar refractivity (Wildman–Crippen MR) is 97.9 cm³/mol. The molecule has 1 saturated heterocycles. The molecule has 7 heteroatoms. The highest BCUT2D eigenvalue weighted by Gasteiger charge is 2.34. The first-order chi connectivity index (χ1) is 11.5. The second kappa shape index (κ2) is 6.94. The van der Waals surface area contributed by atoms with Crippen molar-refractivity contribution in [1.82, 2.24) is 9.88 Å². The Balaban J connectivity index is 1.82. The van der Waals surface area contributed by atoms with Gasteiger partial charge in [-0.15, -0.1) is 23.1 Å². The highest BCUT2D eigenvalue weighted by atomic mass is 32.2. The second-order valence-electron chi connectivity index (χ2n) is 5.72. The molecule has 0 N–H and O–H groups in total. The van der Waals surface area contributed by atoms with Gasteiger partial charge in [0.15, 0.2) is 0 Å². The van der Waals surface area contributed by atoms with Crippen LogP contribution >= 0.6 is 23.1 Å². The van der Waals surface area contributed by atoms with Crippen LogP contribution in [0, 0.1) is 6.92 Å². The molecule has 3 rings (SSSR count). The van der Waals surface area contributed by atoms with Crippen LogP contribution < -0.4 is 4.90 Å². The average Bonchev–Trinajstić information content (AvgIpc) is 3.00. The number of thioether (sulfide) groups is 1. The zero-order valence-electron chi connectivity index (χ0n) is 13.9. The van der Waals surface area contributed by atoms with Crippen molar-refractivity contribution in [1.29, 1.82) is 0 Å². The molecular formula is C17H19N3O2S2. The van der Waals surface area contributed by atoms with E-state index in [1.807, 2.05) is 49.3 Å². The number of rotatable bonds is 3. The minimum atomic E-state index is -0.169. The summed E-state index contributed by atoms with van der Waals surface area (Å²) in [6, 6.07) is 7.79. The van der Waals surface area contributed by atoms with Crippen LogP contribution in [0.15, 0.2) is 34.5 Å². The number of aryl methyl sites for hydroxylation is 1. The summed E-state index contributed by atoms with van der Waals surface area (Å²) in [5.41, 5.74) is 1.34. The first kappa shape index (κ1) is 17.0. The third-order valence-corrected chi connectivity index (χ3v) is 5.55. The van der Waals surface area contributed by atoms with Gasteiger partial charge in [-0.25, -0.2) is 4.98 Å². The number of carbonyl (C=O) groups excluding carboxylic acids is 2. The fourth-order valence-electron chi connectivity index (χ4n) is 2.93. The van der Waals surface area contributed by atoms with Gasteiger partial charge in [-0.2, -0.15) is 0 Å². The molecule has 5 nitrogen and oxygen atoms in total. The zero-order valence-corrected chi connectivity index (χ0v) is 15.5. The summed E-state index contributed by atoms with van der Waals surface area (Å²) in [5.74, 6) is -0.229. The van der Waals surface area contributed by atoms with Gasteiger partial charge in [0.2, 0.25) is 5.91 Å². The molecule has 1 aliphatic rings. The van der Waals surface area contributed by atoms with Gasteiger partial charge in [0.05, 0.1) is 16.7 Å². The van der Waals surface area contributed by atoms with Crippen molar-refractivity contribution in [2.75, 3.05) is 24.2 Å². The third kappa shape index (κ3) is 3.18. The number of para-hydroxylation sites is 1. The normalized spacial score (nSPS) is 18.1. The van der Waals surface area contributed by atoms with Crippen LogP contribution in [0.1, 0.15) is 22.4 Å². The summed E-state index contributed by atoms with van der Waals surface area (Å²) in [4.78, 5) is 34.0. The van der Waals surface area contributed by atoms with Crippen molar-refractivity contribution >= 4 is 40.6 Å². The standard InChI is InChI=1S/C17H19N3O2S2/c1-11-8-19(17(22)13-10-24-12(2)18-13)9-16(21)20(11)14-6-4-5-7-15(14)23-3/h4-7,10-11H,8-9H2,1-3H3. The van der Waals surface area contributed by atoms with E-state index in [4.69, 9.17) is 0 Å². The lowest BCUT2D eigenvalue weighted by molar-refractivity contribution is -0.121. The Morgan fingerprint density at radius 1 is 1.38 bits per heavy atom. The van der Waals surface area contributed by atoms with Crippen LogP contribution in [-0.4, -0.2) is 47.1 Å². The molecule has 1 aromatic heterocycles. The van der Waals surface area contributed by atoms with E-state index in [2.05, 4.69) is 4.98 Å². The number of thiazole rings is 1. The van der Waals surface area contributed by atoms with Gasteiger partial charge in [-0.05, 0) is 32.2 Å². The summed E-state index contributed by atoms with van der Waals surface area (Å²) in [5, 5.41) is 2.60. The summed E-state index contributed by atoms with van der Waals surface area (Å²) >= 11 is 3.06. The molecule has 2 amide bonds. The Labute approximate surface area is 149 Å². The van der Waals surface area contributed by atoms with Crippen LogP contribution in [0.3, 0.4) is 0 Å². The van der Waals surface area contributed by atoms with E-state index in [-0.39, 0.29) is 24.4 Å². The number of anilines is 1. The summed E-state index contributed by atoms with van der Waals surface area (Å²) in [6.45, 7) is 4.43. The van der Waals surface area contributed by atoms with Crippen molar-refractivity contribution in [2.24, 2.45) is 0 Å². The first-order valence-corrected chi connectivity index (χ1v) is 9.78. The monoisotopic (exact) mass is 361 g/mol. The molecular weight excluding hydrogens is 342 g/mol. The van der Waals surface area contributed by atoms with Crippen LogP contribution in [0.25, 0.3) is 0 Å². The van der Waals surface area contributed by atoms with E-state index in [1.165, 1.54) is 11.3 Å². The maximum absolute atomic E-state index is 12.7. The minimum absolute atomic E-state index is 0.0597. The van der Waals surface area contributed by atoms with E-state index in [0.29, 0.717) is 12.2 Å². The molecule has 1 fully saturated rings. The Morgan fingerprint density at radius 3 is 2.75 bits per heavy atom. The van der Waals surface area contributed by atoms with Gasteiger partial charge in [-0.3, -0.25) is 9.59 Å². The molecule has 1 unspecified atom stereocenters. The fraction of sp³-hybridized carbons (Fsp3) is 0.353. The fourth-order valence-corrected chi connectivity index (χ4v) is 4.11. The van der Waals surface area contributed by atoms with Gasteiger partial charge < -0.3 is 9.80 Å². The minimum Gasteiger partial charge on any atom is -0.326 e. The van der Waals surface area contributed by atoms with Crippen molar-refractivity contribution in [3.8, 4) is 0 Å². The van der Waals surface area contributed by atoms with Gasteiger partial charge in [0.25, 0.3) is 5.91 Å². The first-order valence-electron chi connectivity index (χ1n) is 7.67. The molecule has 1 aromatic carbocycles. The second-order valence-corrected chi connectivity index (χ2v) is 7.63. The van der Waals surface area contributed by atoms with Crippen molar-refractivity contribution in [3.05, 3.63) is 40.3 Å². The molecule has 0 spiro atoms. The van der Waals surface area contributed by atoms with E-state index in [0.717, 1.165) is 15.6 Å². The van der Waals surface area contributed by atoms with E-state index in [9.17, 15) is 9.59 Å². The lowest BCUT2D eigenvalue weighted by atomic mass is 10.1. The van der Waals surface area contributed by atoms with E-state index in [1.54, 1.807) is 22.0 Å². The molecule has 1 aliphatic heterocycles. The largest absolute Gasteiger partial charge is 0.326 e. The molecule has 0 bridgehead atoms. The summed E-state index contributed by atoms with van der Waals surface area (Å²) in [6.07, 6.45) is 2.00. The third-order valence-electron chi connectivity index (χ3n) is 3.99. The number of piperazine rings is 1. The van der Waals surface area contributed by atoms with Gasteiger partial charge in [-0.1, -0.05) is 12.1 Å². The number of amides is 2. The summed E-state index contributed by atoms with van der Waals surface area (Å²) in [7, 11) is 0. The van der Waals surface area contributed by atoms with Gasteiger partial charge >= 0.3 is 0 Å². The Bertz CT molecular complexity index is 775. The molecule has 2 heterocycles. The number of benzene rings is 1. The van der Waals surface area contributed by atoms with Crippen LogP contribution in [0.4, 0.5) is 5.69 Å². The smallest absolute Gasteiger partial charge is 0.273 e. The van der Waals surface area contributed by atoms with Gasteiger partial charge in [0, 0.05) is 16.8 Å². The maximum atomic E-state index is 12.7. The van der Waals surface area contributed by atoms with Gasteiger partial charge in [0.1, 0.15) is 12.2 Å². The molecule has 0 saturated carbocycles. The molecule has 1 atom stereocenters. The average molecular weight is 361 g/mol.